The minimum atomic E-state index is -1.07. The summed E-state index contributed by atoms with van der Waals surface area (Å²) in [5.41, 5.74) is 7.44. The summed E-state index contributed by atoms with van der Waals surface area (Å²) in [5.74, 6) is 0.224. The van der Waals surface area contributed by atoms with E-state index in [1.54, 1.807) is 11.8 Å². The highest BCUT2D eigenvalue weighted by Crippen LogP contribution is 2.20. The second-order valence-electron chi connectivity index (χ2n) is 5.52. The molecule has 1 atom stereocenters. The zero-order valence-electron chi connectivity index (χ0n) is 12.6. The molecule has 1 unspecified atom stereocenters. The molecule has 0 spiro atoms. The molecule has 1 aliphatic heterocycles. The number of carbonyl (C=O) groups excluding carboxylic acids is 1. The Morgan fingerprint density at radius 3 is 2.91 bits per heavy atom. The van der Waals surface area contributed by atoms with E-state index in [1.165, 1.54) is 6.33 Å². The lowest BCUT2D eigenvalue weighted by atomic mass is 10.1. The summed E-state index contributed by atoms with van der Waals surface area (Å²) in [4.78, 5) is 34.4. The van der Waals surface area contributed by atoms with Crippen LogP contribution in [0.2, 0.25) is 0 Å². The van der Waals surface area contributed by atoms with Gasteiger partial charge in [0.1, 0.15) is 18.2 Å². The molecule has 3 N–H and O–H groups in total. The summed E-state index contributed by atoms with van der Waals surface area (Å²) in [6.45, 7) is 2.71. The predicted octanol–water partition coefficient (Wildman–Crippen LogP) is 0.923. The van der Waals surface area contributed by atoms with Gasteiger partial charge < -0.3 is 15.7 Å². The lowest BCUT2D eigenvalue weighted by molar-refractivity contribution is -0.140. The van der Waals surface area contributed by atoms with E-state index in [1.807, 2.05) is 18.2 Å². The molecule has 23 heavy (non-hydrogen) atoms. The van der Waals surface area contributed by atoms with E-state index in [2.05, 4.69) is 9.97 Å². The van der Waals surface area contributed by atoms with Crippen LogP contribution in [0.1, 0.15) is 12.5 Å². The number of hydrogen-bond acceptors (Lipinski definition) is 5. The van der Waals surface area contributed by atoms with Crippen molar-refractivity contribution in [3.05, 3.63) is 30.1 Å². The molecule has 1 saturated heterocycles. The molecule has 1 aromatic carbocycles. The number of amides is 2. The molecule has 2 heterocycles. The summed E-state index contributed by atoms with van der Waals surface area (Å²) in [5, 5.41) is 9.85. The van der Waals surface area contributed by atoms with Crippen molar-refractivity contribution in [2.24, 2.45) is 0 Å². The fourth-order valence-electron chi connectivity index (χ4n) is 2.79. The lowest BCUT2D eigenvalue weighted by Gasteiger charge is -2.37. The molecule has 1 aromatic heterocycles. The number of aromatic nitrogens is 2. The van der Waals surface area contributed by atoms with Crippen LogP contribution in [0.25, 0.3) is 10.9 Å². The van der Waals surface area contributed by atoms with E-state index in [4.69, 9.17) is 10.8 Å². The van der Waals surface area contributed by atoms with Gasteiger partial charge in [-0.2, -0.15) is 0 Å². The summed E-state index contributed by atoms with van der Waals surface area (Å²) in [6, 6.07) is 4.92. The number of nitrogens with two attached hydrogens (primary N) is 1. The molecular formula is C15H17N5O3. The maximum Gasteiger partial charge on any atom is 0.408 e. The molecule has 0 saturated carbocycles. The fraction of sp³-hybridized carbons (Fsp3) is 0.333. The van der Waals surface area contributed by atoms with Crippen molar-refractivity contribution in [1.82, 2.24) is 19.8 Å². The number of piperazine rings is 1. The number of benzene rings is 1. The van der Waals surface area contributed by atoms with Gasteiger partial charge in [-0.05, 0) is 24.6 Å². The van der Waals surface area contributed by atoms with Crippen LogP contribution < -0.4 is 5.73 Å². The van der Waals surface area contributed by atoms with Crippen molar-refractivity contribution < 1.29 is 14.7 Å². The van der Waals surface area contributed by atoms with Crippen molar-refractivity contribution in [3.8, 4) is 0 Å². The van der Waals surface area contributed by atoms with Crippen molar-refractivity contribution in [3.63, 3.8) is 0 Å². The molecular weight excluding hydrogens is 298 g/mol. The minimum absolute atomic E-state index is 0.194. The van der Waals surface area contributed by atoms with E-state index in [0.717, 1.165) is 21.4 Å². The number of anilines is 1. The third kappa shape index (κ3) is 2.75. The molecule has 1 fully saturated rings. The smallest absolute Gasteiger partial charge is 0.408 e. The van der Waals surface area contributed by atoms with Gasteiger partial charge in [-0.15, -0.1) is 0 Å². The van der Waals surface area contributed by atoms with Crippen LogP contribution in [-0.2, 0) is 11.3 Å². The first-order valence-electron chi connectivity index (χ1n) is 7.25. The quantitative estimate of drug-likeness (QED) is 0.852. The molecule has 1 aliphatic rings. The van der Waals surface area contributed by atoms with Gasteiger partial charge in [0.2, 0.25) is 5.91 Å². The molecule has 3 rings (SSSR count). The van der Waals surface area contributed by atoms with E-state index >= 15 is 0 Å². The summed E-state index contributed by atoms with van der Waals surface area (Å²) in [7, 11) is 0. The number of nitrogen functional groups attached to an aromatic ring is 1. The van der Waals surface area contributed by atoms with Crippen molar-refractivity contribution in [1.29, 1.82) is 0 Å². The average Bonchev–Trinajstić information content (AvgIpc) is 2.52. The van der Waals surface area contributed by atoms with Gasteiger partial charge in [0.25, 0.3) is 0 Å². The van der Waals surface area contributed by atoms with Crippen LogP contribution >= 0.6 is 0 Å². The third-order valence-electron chi connectivity index (χ3n) is 4.10. The molecule has 0 aliphatic carbocycles. The molecule has 8 nitrogen and oxygen atoms in total. The van der Waals surface area contributed by atoms with Crippen LogP contribution in [-0.4, -0.2) is 56.0 Å². The minimum Gasteiger partial charge on any atom is -0.465 e. The first-order chi connectivity index (χ1) is 11.0. The van der Waals surface area contributed by atoms with Gasteiger partial charge in [0.05, 0.1) is 5.52 Å². The zero-order chi connectivity index (χ0) is 16.6. The maximum atomic E-state index is 12.3. The number of fused-ring (bicyclic) bond motifs is 1. The van der Waals surface area contributed by atoms with E-state index in [9.17, 15) is 9.59 Å². The zero-order valence-corrected chi connectivity index (χ0v) is 12.6. The Kier molecular flexibility index (Phi) is 3.73. The van der Waals surface area contributed by atoms with Gasteiger partial charge in [0.15, 0.2) is 0 Å². The average molecular weight is 315 g/mol. The van der Waals surface area contributed by atoms with Gasteiger partial charge in [0, 0.05) is 25.0 Å². The number of carbonyl (C=O) groups is 2. The highest BCUT2D eigenvalue weighted by molar-refractivity contribution is 5.88. The van der Waals surface area contributed by atoms with Gasteiger partial charge in [-0.25, -0.2) is 14.8 Å². The Morgan fingerprint density at radius 2 is 2.17 bits per heavy atom. The van der Waals surface area contributed by atoms with E-state index in [-0.39, 0.29) is 5.91 Å². The summed E-state index contributed by atoms with van der Waals surface area (Å²) < 4.78 is 0. The van der Waals surface area contributed by atoms with Crippen LogP contribution in [0, 0.1) is 0 Å². The standard InChI is InChI=1S/C15H17N5O3/c1-9-14(21)19(4-5-20(9)15(22)23)7-10-2-3-11-12(6-10)17-8-18-13(11)16/h2-3,6,8-9H,4-5,7H2,1H3,(H,22,23)(H2,16,17,18). The van der Waals surface area contributed by atoms with Gasteiger partial charge >= 0.3 is 6.09 Å². The topological polar surface area (TPSA) is 113 Å². The molecule has 0 radical (unpaired) electrons. The second kappa shape index (κ2) is 5.71. The second-order valence-corrected chi connectivity index (χ2v) is 5.52. The van der Waals surface area contributed by atoms with E-state index in [0.29, 0.717) is 25.5 Å². The van der Waals surface area contributed by atoms with E-state index < -0.39 is 12.1 Å². The van der Waals surface area contributed by atoms with Crippen molar-refractivity contribution >= 4 is 28.7 Å². The Labute approximate surface area is 132 Å². The van der Waals surface area contributed by atoms with Crippen LogP contribution in [0.5, 0.6) is 0 Å². The van der Waals surface area contributed by atoms with Crippen LogP contribution in [0.15, 0.2) is 24.5 Å². The number of nitrogens with zero attached hydrogens (tertiary/aromatic N) is 4. The Morgan fingerprint density at radius 1 is 1.39 bits per heavy atom. The SMILES string of the molecule is CC1C(=O)N(Cc2ccc3c(N)ncnc3c2)CCN1C(=O)O. The normalized spacial score (nSPS) is 18.5. The third-order valence-corrected chi connectivity index (χ3v) is 4.10. The largest absolute Gasteiger partial charge is 0.465 e. The number of carboxylic acid groups (broad SMARTS) is 1. The van der Waals surface area contributed by atoms with Gasteiger partial charge in [-0.3, -0.25) is 9.69 Å². The highest BCUT2D eigenvalue weighted by Gasteiger charge is 2.34. The van der Waals surface area contributed by atoms with Crippen molar-refractivity contribution in [2.75, 3.05) is 18.8 Å². The predicted molar refractivity (Wildman–Crippen MR) is 83.6 cm³/mol. The molecule has 2 amide bonds. The summed E-state index contributed by atoms with van der Waals surface area (Å²) >= 11 is 0. The molecule has 2 aromatic rings. The summed E-state index contributed by atoms with van der Waals surface area (Å²) in [6.07, 6.45) is 0.337. The fourth-order valence-corrected chi connectivity index (χ4v) is 2.79. The highest BCUT2D eigenvalue weighted by atomic mass is 16.4. The molecule has 120 valence electrons. The number of rotatable bonds is 2. The molecule has 0 bridgehead atoms. The molecule has 8 heteroatoms. The van der Waals surface area contributed by atoms with Crippen LogP contribution in [0.4, 0.5) is 10.6 Å². The van der Waals surface area contributed by atoms with Crippen molar-refractivity contribution in [2.45, 2.75) is 19.5 Å². The monoisotopic (exact) mass is 315 g/mol. The Hall–Kier alpha value is -2.90. The maximum absolute atomic E-state index is 12.3. The first-order valence-corrected chi connectivity index (χ1v) is 7.25. The number of hydrogen-bond donors (Lipinski definition) is 2. The first kappa shape index (κ1) is 15.0. The Balaban J connectivity index is 1.80. The Bertz CT molecular complexity index is 779. The van der Waals surface area contributed by atoms with Crippen LogP contribution in [0.3, 0.4) is 0 Å². The lowest BCUT2D eigenvalue weighted by Crippen LogP contribution is -2.56. The van der Waals surface area contributed by atoms with Gasteiger partial charge in [-0.1, -0.05) is 6.07 Å².